The third-order valence-electron chi connectivity index (χ3n) is 1.69. The first-order valence-electron chi connectivity index (χ1n) is 3.85. The highest BCUT2D eigenvalue weighted by Gasteiger charge is 2.03. The van der Waals surface area contributed by atoms with Gasteiger partial charge in [-0.15, -0.1) is 0 Å². The molecular formula is C7H11N3O2. The minimum atomic E-state index is -0.312. The molecule has 1 aromatic rings. The van der Waals surface area contributed by atoms with E-state index < -0.39 is 0 Å². The van der Waals surface area contributed by atoms with Crippen LogP contribution in [-0.4, -0.2) is 21.0 Å². The van der Waals surface area contributed by atoms with Crippen molar-refractivity contribution in [3.05, 3.63) is 28.3 Å². The number of nitro groups is 1. The maximum absolute atomic E-state index is 10.1. The Morgan fingerprint density at radius 3 is 3.08 bits per heavy atom. The molecule has 0 aromatic carbocycles. The molecule has 0 aliphatic heterocycles. The summed E-state index contributed by atoms with van der Waals surface area (Å²) in [5.74, 6) is 0. The van der Waals surface area contributed by atoms with Crippen LogP contribution in [0.25, 0.3) is 0 Å². The lowest BCUT2D eigenvalue weighted by Crippen LogP contribution is -2.07. The van der Waals surface area contributed by atoms with Crippen LogP contribution in [0.1, 0.15) is 12.6 Å². The molecule has 0 unspecified atom stereocenters. The van der Waals surface area contributed by atoms with Crippen molar-refractivity contribution in [1.82, 2.24) is 9.55 Å². The van der Waals surface area contributed by atoms with Crippen molar-refractivity contribution in [2.75, 3.05) is 6.54 Å². The number of aromatic nitrogens is 2. The highest BCUT2D eigenvalue weighted by Crippen LogP contribution is 1.99. The fourth-order valence-corrected chi connectivity index (χ4v) is 1.05. The molecule has 1 aromatic heterocycles. The van der Waals surface area contributed by atoms with E-state index in [1.165, 1.54) is 0 Å². The second kappa shape index (κ2) is 3.85. The fraction of sp³-hybridized carbons (Fsp3) is 0.571. The Bertz CT molecular complexity index is 269. The zero-order chi connectivity index (χ0) is 8.97. The van der Waals surface area contributed by atoms with Gasteiger partial charge in [-0.25, -0.2) is 4.98 Å². The molecule has 1 heterocycles. The molecule has 66 valence electrons. The van der Waals surface area contributed by atoms with Crippen molar-refractivity contribution in [3.63, 3.8) is 0 Å². The number of hydrogen-bond acceptors (Lipinski definition) is 3. The van der Waals surface area contributed by atoms with E-state index in [9.17, 15) is 10.1 Å². The summed E-state index contributed by atoms with van der Waals surface area (Å²) < 4.78 is 1.91. The first-order valence-corrected chi connectivity index (χ1v) is 3.85. The van der Waals surface area contributed by atoms with E-state index in [1.807, 2.05) is 11.5 Å². The second-order valence-electron chi connectivity index (χ2n) is 2.48. The Kier molecular flexibility index (Phi) is 2.79. The van der Waals surface area contributed by atoms with Gasteiger partial charge in [0.1, 0.15) is 0 Å². The van der Waals surface area contributed by atoms with Crippen LogP contribution >= 0.6 is 0 Å². The van der Waals surface area contributed by atoms with Crippen molar-refractivity contribution in [1.29, 1.82) is 0 Å². The van der Waals surface area contributed by atoms with Crippen LogP contribution in [0.5, 0.6) is 0 Å². The Morgan fingerprint density at radius 2 is 2.50 bits per heavy atom. The number of nitrogens with zero attached hydrogens (tertiary/aromatic N) is 3. The molecule has 0 aliphatic carbocycles. The maximum Gasteiger partial charge on any atom is 0.209 e. The summed E-state index contributed by atoms with van der Waals surface area (Å²) in [5.41, 5.74) is 0.925. The van der Waals surface area contributed by atoms with Gasteiger partial charge in [-0.05, 0) is 6.92 Å². The van der Waals surface area contributed by atoms with Gasteiger partial charge in [0, 0.05) is 23.4 Å². The van der Waals surface area contributed by atoms with Crippen LogP contribution in [0.3, 0.4) is 0 Å². The number of imidazole rings is 1. The molecular weight excluding hydrogens is 158 g/mol. The van der Waals surface area contributed by atoms with Gasteiger partial charge in [0.2, 0.25) is 6.54 Å². The predicted molar refractivity (Wildman–Crippen MR) is 43.5 cm³/mol. The van der Waals surface area contributed by atoms with E-state index in [4.69, 9.17) is 0 Å². The highest BCUT2D eigenvalue weighted by molar-refractivity contribution is 4.97. The monoisotopic (exact) mass is 169 g/mol. The normalized spacial score (nSPS) is 10.1. The topological polar surface area (TPSA) is 61.0 Å². The van der Waals surface area contributed by atoms with E-state index in [0.717, 1.165) is 12.2 Å². The molecule has 0 fully saturated rings. The number of rotatable bonds is 4. The number of hydrogen-bond donors (Lipinski definition) is 0. The van der Waals surface area contributed by atoms with Crippen molar-refractivity contribution in [2.24, 2.45) is 0 Å². The van der Waals surface area contributed by atoms with E-state index in [2.05, 4.69) is 4.98 Å². The van der Waals surface area contributed by atoms with Crippen molar-refractivity contribution in [3.8, 4) is 0 Å². The summed E-state index contributed by atoms with van der Waals surface area (Å²) in [5, 5.41) is 10.1. The SMILES string of the molecule is CCn1cncc1CC[N+](=O)[O-]. The molecule has 1 rings (SSSR count). The molecule has 5 heteroatoms. The molecule has 0 N–H and O–H groups in total. The lowest BCUT2D eigenvalue weighted by atomic mass is 10.3. The molecule has 0 aliphatic rings. The van der Waals surface area contributed by atoms with Gasteiger partial charge in [-0.3, -0.25) is 10.1 Å². The van der Waals surface area contributed by atoms with Crippen LogP contribution in [0.15, 0.2) is 12.5 Å². The Morgan fingerprint density at radius 1 is 1.75 bits per heavy atom. The highest BCUT2D eigenvalue weighted by atomic mass is 16.6. The largest absolute Gasteiger partial charge is 0.335 e. The summed E-state index contributed by atoms with van der Waals surface area (Å²) in [6.45, 7) is 2.77. The first kappa shape index (κ1) is 8.70. The minimum absolute atomic E-state index is 0.0221. The molecule has 0 spiro atoms. The quantitative estimate of drug-likeness (QED) is 0.493. The molecule has 0 radical (unpaired) electrons. The van der Waals surface area contributed by atoms with Crippen LogP contribution < -0.4 is 0 Å². The van der Waals surface area contributed by atoms with Crippen molar-refractivity contribution >= 4 is 0 Å². The number of aryl methyl sites for hydroxylation is 1. The van der Waals surface area contributed by atoms with E-state index in [0.29, 0.717) is 6.42 Å². The van der Waals surface area contributed by atoms with E-state index in [-0.39, 0.29) is 11.5 Å². The third kappa shape index (κ3) is 2.05. The molecule has 12 heavy (non-hydrogen) atoms. The fourth-order valence-electron chi connectivity index (χ4n) is 1.05. The van der Waals surface area contributed by atoms with Gasteiger partial charge in [-0.2, -0.15) is 0 Å². The standard InChI is InChI=1S/C7H11N3O2/c1-2-9-6-8-5-7(9)3-4-10(11)12/h5-6H,2-4H2,1H3. The van der Waals surface area contributed by atoms with Crippen LogP contribution in [0, 0.1) is 10.1 Å². The van der Waals surface area contributed by atoms with Crippen molar-refractivity contribution < 1.29 is 4.92 Å². The molecule has 5 nitrogen and oxygen atoms in total. The van der Waals surface area contributed by atoms with E-state index >= 15 is 0 Å². The van der Waals surface area contributed by atoms with Gasteiger partial charge < -0.3 is 4.57 Å². The average Bonchev–Trinajstić information content (AvgIpc) is 2.47. The zero-order valence-corrected chi connectivity index (χ0v) is 6.93. The smallest absolute Gasteiger partial charge is 0.209 e. The molecule has 0 bridgehead atoms. The molecule has 0 atom stereocenters. The summed E-state index contributed by atoms with van der Waals surface area (Å²) in [6.07, 6.45) is 3.82. The Balaban J connectivity index is 2.56. The van der Waals surface area contributed by atoms with Gasteiger partial charge in [0.05, 0.1) is 12.7 Å². The summed E-state index contributed by atoms with van der Waals surface area (Å²) >= 11 is 0. The summed E-state index contributed by atoms with van der Waals surface area (Å²) in [6, 6.07) is 0. The van der Waals surface area contributed by atoms with Gasteiger partial charge in [0.25, 0.3) is 0 Å². The van der Waals surface area contributed by atoms with Crippen LogP contribution in [0.2, 0.25) is 0 Å². The van der Waals surface area contributed by atoms with Gasteiger partial charge in [-0.1, -0.05) is 0 Å². The molecule has 0 saturated heterocycles. The van der Waals surface area contributed by atoms with Gasteiger partial charge in [0.15, 0.2) is 0 Å². The van der Waals surface area contributed by atoms with E-state index in [1.54, 1.807) is 12.5 Å². The molecule has 0 amide bonds. The second-order valence-corrected chi connectivity index (χ2v) is 2.48. The van der Waals surface area contributed by atoms with Crippen molar-refractivity contribution in [2.45, 2.75) is 19.9 Å². The lowest BCUT2D eigenvalue weighted by Gasteiger charge is -2.00. The van der Waals surface area contributed by atoms with Gasteiger partial charge >= 0.3 is 0 Å². The third-order valence-corrected chi connectivity index (χ3v) is 1.69. The maximum atomic E-state index is 10.1. The van der Waals surface area contributed by atoms with Crippen LogP contribution in [-0.2, 0) is 13.0 Å². The average molecular weight is 169 g/mol. The predicted octanol–water partition coefficient (Wildman–Crippen LogP) is 0.722. The Hall–Kier alpha value is -1.39. The lowest BCUT2D eigenvalue weighted by molar-refractivity contribution is -0.479. The zero-order valence-electron chi connectivity index (χ0n) is 6.93. The summed E-state index contributed by atoms with van der Waals surface area (Å²) in [4.78, 5) is 13.7. The molecule has 0 saturated carbocycles. The first-order chi connectivity index (χ1) is 5.74. The van der Waals surface area contributed by atoms with Crippen LogP contribution in [0.4, 0.5) is 0 Å². The Labute approximate surface area is 70.2 Å². The summed E-state index contributed by atoms with van der Waals surface area (Å²) in [7, 11) is 0. The minimum Gasteiger partial charge on any atom is -0.335 e.